The van der Waals surface area contributed by atoms with Crippen LogP contribution in [0.4, 0.5) is 8.78 Å². The van der Waals surface area contributed by atoms with Crippen LogP contribution in [0.1, 0.15) is 30.5 Å². The van der Waals surface area contributed by atoms with Gasteiger partial charge in [-0.3, -0.25) is 11.3 Å². The lowest BCUT2D eigenvalue weighted by atomic mass is 10.0. The number of thioether (sulfide) groups is 1. The Labute approximate surface area is 105 Å². The van der Waals surface area contributed by atoms with E-state index in [9.17, 15) is 8.78 Å². The summed E-state index contributed by atoms with van der Waals surface area (Å²) >= 11 is 1.63. The van der Waals surface area contributed by atoms with Crippen LogP contribution in [0.5, 0.6) is 0 Å². The number of nitrogens with one attached hydrogen (secondary N) is 1. The van der Waals surface area contributed by atoms with Crippen molar-refractivity contribution in [3.63, 3.8) is 0 Å². The molecule has 1 aromatic carbocycles. The highest BCUT2D eigenvalue weighted by Gasteiger charge is 2.20. The van der Waals surface area contributed by atoms with Crippen molar-refractivity contribution < 1.29 is 8.78 Å². The number of hydrogen-bond donors (Lipinski definition) is 2. The maximum absolute atomic E-state index is 13.9. The standard InChI is InChI=1S/C12H18F2N2S/c1-3-6-17-7-10(16-15)11-9(13)5-4-8(2)12(11)14/h4-5,10,16H,3,6-7,15H2,1-2H3. The normalized spacial score (nSPS) is 12.8. The van der Waals surface area contributed by atoms with Crippen molar-refractivity contribution in [3.8, 4) is 0 Å². The Bertz CT molecular complexity index is 372. The molecule has 0 heterocycles. The van der Waals surface area contributed by atoms with Gasteiger partial charge in [0.2, 0.25) is 0 Å². The number of nitrogens with two attached hydrogens (primary N) is 1. The first-order chi connectivity index (χ1) is 8.11. The average molecular weight is 260 g/mol. The van der Waals surface area contributed by atoms with Gasteiger partial charge in [0.05, 0.1) is 6.04 Å². The van der Waals surface area contributed by atoms with Crippen molar-refractivity contribution in [1.29, 1.82) is 0 Å². The number of hydrogen-bond acceptors (Lipinski definition) is 3. The molecule has 3 N–H and O–H groups in total. The quantitative estimate of drug-likeness (QED) is 0.469. The minimum absolute atomic E-state index is 0.0381. The fraction of sp³-hybridized carbons (Fsp3) is 0.500. The van der Waals surface area contributed by atoms with Crippen LogP contribution in [0, 0.1) is 18.6 Å². The third-order valence-corrected chi connectivity index (χ3v) is 3.77. The molecule has 1 rings (SSSR count). The number of rotatable bonds is 6. The van der Waals surface area contributed by atoms with E-state index in [0.29, 0.717) is 11.3 Å². The maximum Gasteiger partial charge on any atom is 0.133 e. The summed E-state index contributed by atoms with van der Waals surface area (Å²) in [6, 6.07) is 2.22. The topological polar surface area (TPSA) is 38.0 Å². The largest absolute Gasteiger partial charge is 0.271 e. The first kappa shape index (κ1) is 14.4. The molecule has 2 nitrogen and oxygen atoms in total. The molecule has 0 amide bonds. The van der Waals surface area contributed by atoms with Crippen LogP contribution >= 0.6 is 11.8 Å². The summed E-state index contributed by atoms with van der Waals surface area (Å²) in [6.07, 6.45) is 1.03. The zero-order chi connectivity index (χ0) is 12.8. The molecule has 5 heteroatoms. The predicted octanol–water partition coefficient (Wildman–Crippen LogP) is 2.92. The van der Waals surface area contributed by atoms with Crippen molar-refractivity contribution >= 4 is 11.8 Å². The van der Waals surface area contributed by atoms with Gasteiger partial charge in [-0.25, -0.2) is 8.78 Å². The summed E-state index contributed by atoms with van der Waals surface area (Å²) in [5, 5.41) is 0. The molecule has 0 radical (unpaired) electrons. The molecular formula is C12H18F2N2S. The highest BCUT2D eigenvalue weighted by atomic mass is 32.2. The molecule has 0 saturated carbocycles. The first-order valence-electron chi connectivity index (χ1n) is 5.60. The lowest BCUT2D eigenvalue weighted by Crippen LogP contribution is -2.31. The van der Waals surface area contributed by atoms with Crippen LogP contribution < -0.4 is 11.3 Å². The number of halogens is 2. The lowest BCUT2D eigenvalue weighted by Gasteiger charge is -2.18. The van der Waals surface area contributed by atoms with E-state index in [1.165, 1.54) is 12.1 Å². The minimum Gasteiger partial charge on any atom is -0.271 e. The Kier molecular flexibility index (Phi) is 5.88. The van der Waals surface area contributed by atoms with Crippen molar-refractivity contribution in [3.05, 3.63) is 34.9 Å². The number of hydrazine groups is 1. The molecular weight excluding hydrogens is 242 g/mol. The second-order valence-corrected chi connectivity index (χ2v) is 5.04. The third kappa shape index (κ3) is 3.66. The molecule has 0 aliphatic rings. The van der Waals surface area contributed by atoms with Gasteiger partial charge < -0.3 is 0 Å². The Balaban J connectivity index is 2.91. The lowest BCUT2D eigenvalue weighted by molar-refractivity contribution is 0.496. The SMILES string of the molecule is CCCSCC(NN)c1c(F)ccc(C)c1F. The smallest absolute Gasteiger partial charge is 0.133 e. The van der Waals surface area contributed by atoms with Gasteiger partial charge >= 0.3 is 0 Å². The van der Waals surface area contributed by atoms with Gasteiger partial charge in [0, 0.05) is 11.3 Å². The van der Waals surface area contributed by atoms with Gasteiger partial charge in [-0.05, 0) is 30.7 Å². The summed E-state index contributed by atoms with van der Waals surface area (Å²) in [4.78, 5) is 0. The zero-order valence-corrected chi connectivity index (χ0v) is 10.9. The Morgan fingerprint density at radius 3 is 2.71 bits per heavy atom. The van der Waals surface area contributed by atoms with Crippen LogP contribution in [-0.2, 0) is 0 Å². The van der Waals surface area contributed by atoms with Crippen LogP contribution in [-0.4, -0.2) is 11.5 Å². The molecule has 0 aromatic heterocycles. The molecule has 96 valence electrons. The Morgan fingerprint density at radius 1 is 1.41 bits per heavy atom. The van der Waals surface area contributed by atoms with Gasteiger partial charge in [0.1, 0.15) is 11.6 Å². The van der Waals surface area contributed by atoms with Crippen LogP contribution in [0.3, 0.4) is 0 Å². The number of aryl methyl sites for hydroxylation is 1. The summed E-state index contributed by atoms with van der Waals surface area (Å²) in [5.41, 5.74) is 2.96. The van der Waals surface area contributed by atoms with Crippen LogP contribution in [0.2, 0.25) is 0 Å². The van der Waals surface area contributed by atoms with E-state index in [-0.39, 0.29) is 5.56 Å². The summed E-state index contributed by atoms with van der Waals surface area (Å²) in [7, 11) is 0. The zero-order valence-electron chi connectivity index (χ0n) is 10.1. The second-order valence-electron chi connectivity index (χ2n) is 3.89. The molecule has 1 unspecified atom stereocenters. The summed E-state index contributed by atoms with van der Waals surface area (Å²) < 4.78 is 27.5. The van der Waals surface area contributed by atoms with Gasteiger partial charge in [-0.15, -0.1) is 0 Å². The number of benzene rings is 1. The van der Waals surface area contributed by atoms with E-state index in [1.807, 2.05) is 0 Å². The fourth-order valence-corrected chi connectivity index (χ4v) is 2.51. The van der Waals surface area contributed by atoms with Crippen molar-refractivity contribution in [2.24, 2.45) is 5.84 Å². The van der Waals surface area contributed by atoms with Crippen molar-refractivity contribution in [2.45, 2.75) is 26.3 Å². The van der Waals surface area contributed by atoms with E-state index in [0.717, 1.165) is 12.2 Å². The van der Waals surface area contributed by atoms with E-state index in [4.69, 9.17) is 5.84 Å². The molecule has 0 bridgehead atoms. The Morgan fingerprint density at radius 2 is 2.12 bits per heavy atom. The predicted molar refractivity (Wildman–Crippen MR) is 68.8 cm³/mol. The molecule has 0 spiro atoms. The maximum atomic E-state index is 13.9. The van der Waals surface area contributed by atoms with Gasteiger partial charge in [0.15, 0.2) is 0 Å². The van der Waals surface area contributed by atoms with Crippen LogP contribution in [0.15, 0.2) is 12.1 Å². The van der Waals surface area contributed by atoms with Gasteiger partial charge in [-0.1, -0.05) is 13.0 Å². The molecule has 1 atom stereocenters. The van der Waals surface area contributed by atoms with E-state index < -0.39 is 17.7 Å². The molecule has 0 fully saturated rings. The third-order valence-electron chi connectivity index (χ3n) is 2.50. The second kappa shape index (κ2) is 6.93. The highest BCUT2D eigenvalue weighted by molar-refractivity contribution is 7.99. The van der Waals surface area contributed by atoms with E-state index in [1.54, 1.807) is 18.7 Å². The van der Waals surface area contributed by atoms with Crippen molar-refractivity contribution in [2.75, 3.05) is 11.5 Å². The average Bonchev–Trinajstić information content (AvgIpc) is 2.32. The summed E-state index contributed by atoms with van der Waals surface area (Å²) in [5.74, 6) is 5.83. The van der Waals surface area contributed by atoms with Gasteiger partial charge in [-0.2, -0.15) is 11.8 Å². The van der Waals surface area contributed by atoms with Gasteiger partial charge in [0.25, 0.3) is 0 Å². The van der Waals surface area contributed by atoms with Crippen molar-refractivity contribution in [1.82, 2.24) is 5.43 Å². The summed E-state index contributed by atoms with van der Waals surface area (Å²) in [6.45, 7) is 3.68. The molecule has 17 heavy (non-hydrogen) atoms. The molecule has 0 saturated heterocycles. The van der Waals surface area contributed by atoms with E-state index in [2.05, 4.69) is 12.3 Å². The molecule has 0 aliphatic carbocycles. The monoisotopic (exact) mass is 260 g/mol. The van der Waals surface area contributed by atoms with Crippen LogP contribution in [0.25, 0.3) is 0 Å². The fourth-order valence-electron chi connectivity index (χ4n) is 1.56. The Hall–Kier alpha value is -0.650. The van der Waals surface area contributed by atoms with E-state index >= 15 is 0 Å². The minimum atomic E-state index is -0.548. The molecule has 0 aliphatic heterocycles. The molecule has 1 aromatic rings. The highest BCUT2D eigenvalue weighted by Crippen LogP contribution is 2.25. The first-order valence-corrected chi connectivity index (χ1v) is 6.75.